The Bertz CT molecular complexity index is 1650. The van der Waals surface area contributed by atoms with E-state index < -0.39 is 11.7 Å². The predicted molar refractivity (Wildman–Crippen MR) is 204 cm³/mol. The molecule has 5 rings (SSSR count). The van der Waals surface area contributed by atoms with Crippen molar-refractivity contribution in [2.45, 2.75) is 109 Å². The number of unbranched alkanes of at least 4 members (excludes halogenated alkanes) is 2. The van der Waals surface area contributed by atoms with Gasteiger partial charge >= 0.3 is 12.1 Å². The van der Waals surface area contributed by atoms with Gasteiger partial charge in [-0.15, -0.1) is 0 Å². The molecule has 2 aromatic heterocycles. The summed E-state index contributed by atoms with van der Waals surface area (Å²) in [6.07, 6.45) is 11.8. The van der Waals surface area contributed by atoms with Gasteiger partial charge in [0.25, 0.3) is 0 Å². The van der Waals surface area contributed by atoms with Crippen molar-refractivity contribution in [3.63, 3.8) is 0 Å². The standard InChI is InChI=1S/C39H55ClN8O5/c1-39(2,3)53-35(50)24-41-19-9-6-10-20-42-34(49)25-48(38(51)52-26-28-11-7-5-8-12-28)30-17-15-29(16-18-30)45-37-43-23-32(40)36(46-37)31-22-44-47(4)33(31)21-27-13-14-27/h5,7-8,11-12,22-23,27,29-30,41H,6,9-10,13-21,24-26H2,1-4H3,(H,42,49)(H,43,45,46)/t29-,30-. The number of nitrogens with one attached hydrogen (secondary N) is 3. The molecule has 2 aliphatic rings. The van der Waals surface area contributed by atoms with Crippen LogP contribution in [0.15, 0.2) is 42.7 Å². The van der Waals surface area contributed by atoms with E-state index in [2.05, 4.69) is 26.0 Å². The van der Waals surface area contributed by atoms with E-state index in [-0.39, 0.29) is 43.7 Å². The summed E-state index contributed by atoms with van der Waals surface area (Å²) in [5.41, 5.74) is 3.13. The van der Waals surface area contributed by atoms with E-state index in [1.807, 2.05) is 69.0 Å². The number of hydrogen-bond donors (Lipinski definition) is 3. The topological polar surface area (TPSA) is 153 Å². The van der Waals surface area contributed by atoms with E-state index >= 15 is 0 Å². The van der Waals surface area contributed by atoms with Gasteiger partial charge in [-0.05, 0) is 96.6 Å². The van der Waals surface area contributed by atoms with E-state index in [4.69, 9.17) is 26.1 Å². The number of amides is 2. The Morgan fingerprint density at radius 3 is 2.43 bits per heavy atom. The first-order valence-corrected chi connectivity index (χ1v) is 19.3. The van der Waals surface area contributed by atoms with Gasteiger partial charge in [0, 0.05) is 36.9 Å². The highest BCUT2D eigenvalue weighted by molar-refractivity contribution is 6.33. The summed E-state index contributed by atoms with van der Waals surface area (Å²) in [6, 6.07) is 9.46. The number of hydrogen-bond acceptors (Lipinski definition) is 10. The molecule has 13 nitrogen and oxygen atoms in total. The third-order valence-electron chi connectivity index (χ3n) is 9.51. The van der Waals surface area contributed by atoms with E-state index in [0.29, 0.717) is 48.5 Å². The molecule has 53 heavy (non-hydrogen) atoms. The zero-order valence-electron chi connectivity index (χ0n) is 31.5. The van der Waals surface area contributed by atoms with Crippen molar-refractivity contribution in [2.75, 3.05) is 31.5 Å². The second-order valence-corrected chi connectivity index (χ2v) is 15.6. The summed E-state index contributed by atoms with van der Waals surface area (Å²) in [7, 11) is 1.96. The maximum Gasteiger partial charge on any atom is 0.410 e. The smallest absolute Gasteiger partial charge is 0.410 e. The van der Waals surface area contributed by atoms with Crippen molar-refractivity contribution >= 4 is 35.5 Å². The molecule has 2 amide bonds. The Morgan fingerprint density at radius 1 is 0.981 bits per heavy atom. The van der Waals surface area contributed by atoms with Crippen LogP contribution in [0.2, 0.25) is 5.02 Å². The fourth-order valence-corrected chi connectivity index (χ4v) is 6.73. The zero-order chi connectivity index (χ0) is 37.8. The largest absolute Gasteiger partial charge is 0.459 e. The SMILES string of the molecule is Cn1ncc(-c2nc(N[C@H]3CC[C@H](N(CC(=O)NCCCCCNCC(=O)OC(C)(C)C)C(=O)OCc4ccccc4)CC3)ncc2Cl)c1CC1CC1. The van der Waals surface area contributed by atoms with Crippen LogP contribution in [0.4, 0.5) is 10.7 Å². The third-order valence-corrected chi connectivity index (χ3v) is 9.78. The van der Waals surface area contributed by atoms with Crippen LogP contribution < -0.4 is 16.0 Å². The predicted octanol–water partition coefficient (Wildman–Crippen LogP) is 6.06. The van der Waals surface area contributed by atoms with Crippen molar-refractivity contribution in [1.29, 1.82) is 0 Å². The molecule has 3 aromatic rings. The number of carbonyl (C=O) groups excluding carboxylic acids is 3. The van der Waals surface area contributed by atoms with Crippen LogP contribution in [0.3, 0.4) is 0 Å². The van der Waals surface area contributed by atoms with Gasteiger partial charge in [-0.2, -0.15) is 5.10 Å². The molecule has 2 aliphatic carbocycles. The molecular formula is C39H55ClN8O5. The molecule has 2 fully saturated rings. The molecule has 3 N–H and O–H groups in total. The maximum absolute atomic E-state index is 13.5. The molecule has 0 spiro atoms. The summed E-state index contributed by atoms with van der Waals surface area (Å²) >= 11 is 6.60. The van der Waals surface area contributed by atoms with E-state index in [0.717, 1.165) is 55.3 Å². The lowest BCUT2D eigenvalue weighted by atomic mass is 9.90. The Kier molecular flexibility index (Phi) is 14.5. The van der Waals surface area contributed by atoms with Crippen molar-refractivity contribution in [1.82, 2.24) is 35.3 Å². The number of carbonyl (C=O) groups is 3. The second kappa shape index (κ2) is 19.2. The fraction of sp³-hybridized carbons (Fsp3) is 0.590. The van der Waals surface area contributed by atoms with Crippen LogP contribution in [-0.4, -0.2) is 86.5 Å². The van der Waals surface area contributed by atoms with Gasteiger partial charge < -0.3 is 25.4 Å². The Morgan fingerprint density at radius 2 is 1.72 bits per heavy atom. The number of halogens is 1. The first kappa shape index (κ1) is 40.0. The van der Waals surface area contributed by atoms with Crippen LogP contribution in [-0.2, 0) is 39.1 Å². The van der Waals surface area contributed by atoms with Gasteiger partial charge in [0.2, 0.25) is 11.9 Å². The van der Waals surface area contributed by atoms with Crippen molar-refractivity contribution in [2.24, 2.45) is 13.0 Å². The minimum Gasteiger partial charge on any atom is -0.459 e. The molecule has 0 bridgehead atoms. The number of esters is 1. The highest BCUT2D eigenvalue weighted by Crippen LogP contribution is 2.37. The zero-order valence-corrected chi connectivity index (χ0v) is 32.3. The molecule has 14 heteroatoms. The first-order chi connectivity index (χ1) is 25.4. The second-order valence-electron chi connectivity index (χ2n) is 15.2. The van der Waals surface area contributed by atoms with Crippen molar-refractivity contribution in [3.8, 4) is 11.3 Å². The van der Waals surface area contributed by atoms with Crippen LogP contribution in [0, 0.1) is 5.92 Å². The molecule has 0 saturated heterocycles. The van der Waals surface area contributed by atoms with Gasteiger partial charge in [0.1, 0.15) is 18.8 Å². The number of benzene rings is 1. The monoisotopic (exact) mass is 750 g/mol. The number of ether oxygens (including phenoxy) is 2. The van der Waals surface area contributed by atoms with Gasteiger partial charge in [0.05, 0.1) is 29.7 Å². The highest BCUT2D eigenvalue weighted by Gasteiger charge is 2.32. The number of nitrogens with zero attached hydrogens (tertiary/aromatic N) is 5. The average molecular weight is 751 g/mol. The lowest BCUT2D eigenvalue weighted by Gasteiger charge is -2.36. The van der Waals surface area contributed by atoms with E-state index in [9.17, 15) is 14.4 Å². The lowest BCUT2D eigenvalue weighted by molar-refractivity contribution is -0.153. The molecule has 1 aromatic carbocycles. The summed E-state index contributed by atoms with van der Waals surface area (Å²) in [6.45, 7) is 6.94. The van der Waals surface area contributed by atoms with Gasteiger partial charge in [0.15, 0.2) is 0 Å². The minimum atomic E-state index is -0.499. The molecule has 2 heterocycles. The van der Waals surface area contributed by atoms with Gasteiger partial charge in [-0.3, -0.25) is 19.2 Å². The highest BCUT2D eigenvalue weighted by atomic mass is 35.5. The molecule has 288 valence electrons. The summed E-state index contributed by atoms with van der Waals surface area (Å²) in [5.74, 6) is 0.704. The average Bonchev–Trinajstić information content (AvgIpc) is 3.88. The van der Waals surface area contributed by atoms with Gasteiger partial charge in [-0.25, -0.2) is 14.8 Å². The Hall–Kier alpha value is -4.23. The van der Waals surface area contributed by atoms with Crippen molar-refractivity contribution < 1.29 is 23.9 Å². The maximum atomic E-state index is 13.5. The minimum absolute atomic E-state index is 0.0776. The summed E-state index contributed by atoms with van der Waals surface area (Å²) in [4.78, 5) is 49.3. The Labute approximate surface area is 317 Å². The number of aromatic nitrogens is 4. The quantitative estimate of drug-likeness (QED) is 0.103. The Balaban J connectivity index is 1.10. The molecule has 0 unspecified atom stereocenters. The van der Waals surface area contributed by atoms with Crippen LogP contribution in [0.1, 0.15) is 89.8 Å². The lowest BCUT2D eigenvalue weighted by Crippen LogP contribution is -2.48. The molecule has 2 saturated carbocycles. The normalized spacial score (nSPS) is 17.2. The fourth-order valence-electron chi connectivity index (χ4n) is 6.54. The van der Waals surface area contributed by atoms with Crippen LogP contribution in [0.25, 0.3) is 11.3 Å². The van der Waals surface area contributed by atoms with E-state index in [1.165, 1.54) is 12.8 Å². The third kappa shape index (κ3) is 13.0. The molecule has 0 radical (unpaired) electrons. The van der Waals surface area contributed by atoms with Crippen LogP contribution >= 0.6 is 11.6 Å². The molecular weight excluding hydrogens is 696 g/mol. The van der Waals surface area contributed by atoms with Crippen molar-refractivity contribution in [3.05, 3.63) is 59.0 Å². The molecule has 0 aliphatic heterocycles. The van der Waals surface area contributed by atoms with Gasteiger partial charge in [-0.1, -0.05) is 48.4 Å². The number of anilines is 1. The summed E-state index contributed by atoms with van der Waals surface area (Å²) in [5, 5.41) is 14.5. The van der Waals surface area contributed by atoms with Crippen LogP contribution in [0.5, 0.6) is 0 Å². The number of aryl methyl sites for hydroxylation is 1. The molecule has 0 atom stereocenters. The van der Waals surface area contributed by atoms with E-state index in [1.54, 1.807) is 11.1 Å². The summed E-state index contributed by atoms with van der Waals surface area (Å²) < 4.78 is 12.9. The first-order valence-electron chi connectivity index (χ1n) is 18.9. The number of rotatable bonds is 18.